The first-order valence-electron chi connectivity index (χ1n) is 6.03. The monoisotopic (exact) mass is 294 g/mol. The van der Waals surface area contributed by atoms with Crippen LogP contribution in [0, 0.1) is 19.7 Å². The van der Waals surface area contributed by atoms with Crippen LogP contribution < -0.4 is 5.32 Å². The van der Waals surface area contributed by atoms with Crippen molar-refractivity contribution in [3.05, 3.63) is 45.7 Å². The summed E-state index contributed by atoms with van der Waals surface area (Å²) >= 11 is 1.36. The second kappa shape index (κ2) is 6.00. The van der Waals surface area contributed by atoms with Crippen LogP contribution in [0.4, 0.5) is 10.1 Å². The zero-order valence-corrected chi connectivity index (χ0v) is 12.3. The fourth-order valence-corrected chi connectivity index (χ4v) is 2.66. The highest BCUT2D eigenvalue weighted by atomic mass is 32.1. The van der Waals surface area contributed by atoms with Crippen molar-refractivity contribution in [3.63, 3.8) is 0 Å². The predicted molar refractivity (Wildman–Crippen MR) is 76.4 cm³/mol. The second-order valence-corrected chi connectivity index (χ2v) is 5.33. The van der Waals surface area contributed by atoms with Gasteiger partial charge in [-0.15, -0.1) is 11.3 Å². The van der Waals surface area contributed by atoms with Crippen LogP contribution in [-0.2, 0) is 9.53 Å². The Morgan fingerprint density at radius 3 is 2.70 bits per heavy atom. The molecule has 0 spiro atoms. The highest BCUT2D eigenvalue weighted by molar-refractivity contribution is 7.09. The summed E-state index contributed by atoms with van der Waals surface area (Å²) in [6, 6.07) is 3.79. The molecule has 0 aliphatic rings. The minimum Gasteiger partial charge on any atom is -0.467 e. The number of esters is 1. The molecule has 2 rings (SSSR count). The first kappa shape index (κ1) is 14.5. The summed E-state index contributed by atoms with van der Waals surface area (Å²) in [6.45, 7) is 3.63. The Labute approximate surface area is 120 Å². The van der Waals surface area contributed by atoms with E-state index in [1.807, 2.05) is 12.3 Å². The molecule has 0 aliphatic heterocycles. The van der Waals surface area contributed by atoms with E-state index in [2.05, 4.69) is 10.3 Å². The van der Waals surface area contributed by atoms with Crippen molar-refractivity contribution in [2.45, 2.75) is 19.9 Å². The molecule has 0 saturated carbocycles. The van der Waals surface area contributed by atoms with Crippen molar-refractivity contribution in [1.29, 1.82) is 0 Å². The molecule has 0 radical (unpaired) electrons. The lowest BCUT2D eigenvalue weighted by Crippen LogP contribution is -2.22. The Kier molecular flexibility index (Phi) is 4.34. The molecule has 0 saturated heterocycles. The number of methoxy groups -OCH3 is 1. The van der Waals surface area contributed by atoms with E-state index >= 15 is 0 Å². The van der Waals surface area contributed by atoms with E-state index in [1.54, 1.807) is 13.0 Å². The maximum atomic E-state index is 13.4. The summed E-state index contributed by atoms with van der Waals surface area (Å²) in [5.74, 6) is -0.812. The van der Waals surface area contributed by atoms with E-state index in [0.717, 1.165) is 11.3 Å². The molecule has 0 aliphatic carbocycles. The van der Waals surface area contributed by atoms with Gasteiger partial charge in [-0.2, -0.15) is 0 Å². The summed E-state index contributed by atoms with van der Waals surface area (Å²) < 4.78 is 18.2. The van der Waals surface area contributed by atoms with Crippen molar-refractivity contribution < 1.29 is 13.9 Å². The zero-order valence-electron chi connectivity index (χ0n) is 11.4. The van der Waals surface area contributed by atoms with Gasteiger partial charge >= 0.3 is 5.97 Å². The van der Waals surface area contributed by atoms with E-state index in [9.17, 15) is 9.18 Å². The van der Waals surface area contributed by atoms with Crippen LogP contribution in [0.15, 0.2) is 23.6 Å². The van der Waals surface area contributed by atoms with E-state index < -0.39 is 12.0 Å². The molecule has 0 bridgehead atoms. The number of ether oxygens (including phenoxy) is 1. The molecule has 0 fully saturated rings. The van der Waals surface area contributed by atoms with Crippen LogP contribution in [0.1, 0.15) is 22.3 Å². The van der Waals surface area contributed by atoms with E-state index in [0.29, 0.717) is 10.7 Å². The number of rotatable bonds is 4. The van der Waals surface area contributed by atoms with Crippen LogP contribution in [0.5, 0.6) is 0 Å². The first-order chi connectivity index (χ1) is 9.49. The number of halogens is 1. The summed E-state index contributed by atoms with van der Waals surface area (Å²) in [5, 5.41) is 5.42. The predicted octanol–water partition coefficient (Wildman–Crippen LogP) is 3.23. The van der Waals surface area contributed by atoms with Gasteiger partial charge in [-0.05, 0) is 37.6 Å². The maximum Gasteiger partial charge on any atom is 0.335 e. The maximum absolute atomic E-state index is 13.4. The van der Waals surface area contributed by atoms with Gasteiger partial charge in [0, 0.05) is 16.8 Å². The smallest absolute Gasteiger partial charge is 0.335 e. The Bertz CT molecular complexity index is 607. The molecule has 1 unspecified atom stereocenters. The van der Waals surface area contributed by atoms with E-state index in [4.69, 9.17) is 4.74 Å². The number of carbonyl (C=O) groups is 1. The molecular weight excluding hydrogens is 279 g/mol. The molecule has 1 atom stereocenters. The van der Waals surface area contributed by atoms with Gasteiger partial charge in [0.2, 0.25) is 0 Å². The molecule has 106 valence electrons. The highest BCUT2D eigenvalue weighted by Gasteiger charge is 2.24. The van der Waals surface area contributed by atoms with Crippen molar-refractivity contribution in [2.75, 3.05) is 12.4 Å². The van der Waals surface area contributed by atoms with Crippen molar-refractivity contribution >= 4 is 23.0 Å². The van der Waals surface area contributed by atoms with E-state index in [1.165, 1.54) is 30.6 Å². The molecule has 1 heterocycles. The molecule has 6 heteroatoms. The van der Waals surface area contributed by atoms with Crippen LogP contribution in [0.2, 0.25) is 0 Å². The summed E-state index contributed by atoms with van der Waals surface area (Å²) in [5.41, 5.74) is 2.12. The topological polar surface area (TPSA) is 51.2 Å². The Morgan fingerprint density at radius 2 is 2.15 bits per heavy atom. The van der Waals surface area contributed by atoms with Gasteiger partial charge in [-0.1, -0.05) is 0 Å². The van der Waals surface area contributed by atoms with Crippen LogP contribution in [0.25, 0.3) is 0 Å². The van der Waals surface area contributed by atoms with Crippen molar-refractivity contribution in [2.24, 2.45) is 0 Å². The van der Waals surface area contributed by atoms with Gasteiger partial charge in [0.1, 0.15) is 10.8 Å². The van der Waals surface area contributed by atoms with E-state index in [-0.39, 0.29) is 5.82 Å². The van der Waals surface area contributed by atoms with Gasteiger partial charge in [-0.3, -0.25) is 0 Å². The lowest BCUT2D eigenvalue weighted by atomic mass is 10.2. The molecule has 1 aromatic carbocycles. The number of hydrogen-bond acceptors (Lipinski definition) is 5. The third-order valence-corrected chi connectivity index (χ3v) is 3.70. The third-order valence-electron chi connectivity index (χ3n) is 2.67. The Hall–Kier alpha value is -1.95. The summed E-state index contributed by atoms with van der Waals surface area (Å²) in [6.07, 6.45) is 0. The molecule has 4 nitrogen and oxygen atoms in total. The number of hydrogen-bond donors (Lipinski definition) is 1. The highest BCUT2D eigenvalue weighted by Crippen LogP contribution is 2.25. The average molecular weight is 294 g/mol. The number of carbonyl (C=O) groups excluding carboxylic acids is 1. The van der Waals surface area contributed by atoms with Gasteiger partial charge in [0.25, 0.3) is 0 Å². The number of aromatic nitrogens is 1. The van der Waals surface area contributed by atoms with Crippen LogP contribution in [-0.4, -0.2) is 18.1 Å². The fraction of sp³-hybridized carbons (Fsp3) is 0.286. The van der Waals surface area contributed by atoms with Gasteiger partial charge in [0.15, 0.2) is 6.04 Å². The molecule has 2 aromatic rings. The fourth-order valence-electron chi connectivity index (χ4n) is 1.83. The molecule has 1 aromatic heterocycles. The van der Waals surface area contributed by atoms with Crippen LogP contribution in [0.3, 0.4) is 0 Å². The quantitative estimate of drug-likeness (QED) is 0.880. The molecule has 0 amide bonds. The standard InChI is InChI=1S/C14H15FN2O2S/c1-8-4-10(15)6-11(5-8)17-12(14(18)19-3)13-16-9(2)7-20-13/h4-7,12,17H,1-3H3. The lowest BCUT2D eigenvalue weighted by molar-refractivity contribution is -0.141. The minimum absolute atomic E-state index is 0.355. The Morgan fingerprint density at radius 1 is 1.40 bits per heavy atom. The second-order valence-electron chi connectivity index (χ2n) is 4.44. The van der Waals surface area contributed by atoms with Gasteiger partial charge < -0.3 is 10.1 Å². The lowest BCUT2D eigenvalue weighted by Gasteiger charge is -2.16. The molecule has 20 heavy (non-hydrogen) atoms. The number of anilines is 1. The van der Waals surface area contributed by atoms with Crippen molar-refractivity contribution in [3.8, 4) is 0 Å². The summed E-state index contributed by atoms with van der Waals surface area (Å²) in [4.78, 5) is 16.2. The number of benzene rings is 1. The zero-order chi connectivity index (χ0) is 14.7. The molecule has 1 N–H and O–H groups in total. The SMILES string of the molecule is COC(=O)C(Nc1cc(C)cc(F)c1)c1nc(C)cs1. The normalized spacial score (nSPS) is 12.0. The number of aryl methyl sites for hydroxylation is 2. The average Bonchev–Trinajstić information content (AvgIpc) is 2.80. The number of nitrogens with zero attached hydrogens (tertiary/aromatic N) is 1. The van der Waals surface area contributed by atoms with Crippen LogP contribution >= 0.6 is 11.3 Å². The summed E-state index contributed by atoms with van der Waals surface area (Å²) in [7, 11) is 1.31. The van der Waals surface area contributed by atoms with Crippen molar-refractivity contribution in [1.82, 2.24) is 4.98 Å². The molecular formula is C14H15FN2O2S. The third kappa shape index (κ3) is 3.33. The Balaban J connectivity index is 2.30. The minimum atomic E-state index is -0.736. The van der Waals surface area contributed by atoms with Gasteiger partial charge in [0.05, 0.1) is 7.11 Å². The van der Waals surface area contributed by atoms with Gasteiger partial charge in [-0.25, -0.2) is 14.2 Å². The number of nitrogens with one attached hydrogen (secondary N) is 1. The number of thiazole rings is 1. The first-order valence-corrected chi connectivity index (χ1v) is 6.91. The largest absolute Gasteiger partial charge is 0.467 e.